The van der Waals surface area contributed by atoms with Crippen LogP contribution in [0.25, 0.3) is 0 Å². The second-order valence-electron chi connectivity index (χ2n) is 5.88. The highest BCUT2D eigenvalue weighted by atomic mass is 35.5. The molecule has 1 aromatic heterocycles. The van der Waals surface area contributed by atoms with Gasteiger partial charge in [-0.05, 0) is 24.5 Å². The average Bonchev–Trinajstić information content (AvgIpc) is 2.83. The Balaban J connectivity index is 2.23. The van der Waals surface area contributed by atoms with Gasteiger partial charge in [-0.3, -0.25) is 4.90 Å². The van der Waals surface area contributed by atoms with Crippen molar-refractivity contribution in [1.82, 2.24) is 19.7 Å². The molecule has 0 spiro atoms. The molecule has 2 aromatic rings. The third kappa shape index (κ3) is 4.05. The summed E-state index contributed by atoms with van der Waals surface area (Å²) >= 11 is 6.35. The molecule has 0 fully saturated rings. The lowest BCUT2D eigenvalue weighted by atomic mass is 10.1. The minimum Gasteiger partial charge on any atom is -0.320 e. The fraction of sp³-hybridized carbons (Fsp3) is 0.500. The van der Waals surface area contributed by atoms with Gasteiger partial charge in [0.25, 0.3) is 0 Å². The summed E-state index contributed by atoms with van der Waals surface area (Å²) in [5.74, 6) is 1.54. The zero-order valence-corrected chi connectivity index (χ0v) is 13.9. The first-order valence-corrected chi connectivity index (χ1v) is 7.68. The lowest BCUT2D eigenvalue weighted by Crippen LogP contribution is -2.31. The SMILES string of the molecule is CC(C)CN(Cc1nncn1C)[C@H](C)c1ccccc1Cl. The summed E-state index contributed by atoms with van der Waals surface area (Å²) in [5.41, 5.74) is 1.15. The molecule has 0 aliphatic heterocycles. The van der Waals surface area contributed by atoms with E-state index < -0.39 is 0 Å². The number of hydrogen-bond acceptors (Lipinski definition) is 3. The number of rotatable bonds is 6. The predicted octanol–water partition coefficient (Wildman–Crippen LogP) is 3.69. The van der Waals surface area contributed by atoms with Gasteiger partial charge in [0.15, 0.2) is 0 Å². The molecule has 0 saturated carbocycles. The van der Waals surface area contributed by atoms with Crippen molar-refractivity contribution in [2.45, 2.75) is 33.4 Å². The molecule has 0 amide bonds. The maximum Gasteiger partial charge on any atom is 0.146 e. The van der Waals surface area contributed by atoms with Gasteiger partial charge in [0.05, 0.1) is 6.54 Å². The second kappa shape index (κ2) is 7.05. The molecule has 0 radical (unpaired) electrons. The molecule has 0 bridgehead atoms. The molecule has 0 saturated heterocycles. The summed E-state index contributed by atoms with van der Waals surface area (Å²) in [6.07, 6.45) is 1.74. The van der Waals surface area contributed by atoms with Crippen molar-refractivity contribution in [1.29, 1.82) is 0 Å². The van der Waals surface area contributed by atoms with E-state index in [1.165, 1.54) is 0 Å². The van der Waals surface area contributed by atoms with E-state index in [9.17, 15) is 0 Å². The van der Waals surface area contributed by atoms with Crippen molar-refractivity contribution in [3.05, 3.63) is 47.0 Å². The summed E-state index contributed by atoms with van der Waals surface area (Å²) in [4.78, 5) is 2.40. The Hall–Kier alpha value is -1.39. The van der Waals surface area contributed by atoms with Crippen LogP contribution in [0.15, 0.2) is 30.6 Å². The maximum absolute atomic E-state index is 6.35. The van der Waals surface area contributed by atoms with Crippen molar-refractivity contribution < 1.29 is 0 Å². The minimum absolute atomic E-state index is 0.234. The number of halogens is 1. The van der Waals surface area contributed by atoms with E-state index in [1.54, 1.807) is 6.33 Å². The quantitative estimate of drug-likeness (QED) is 0.816. The summed E-state index contributed by atoms with van der Waals surface area (Å²) in [5, 5.41) is 8.98. The Labute approximate surface area is 131 Å². The molecule has 0 unspecified atom stereocenters. The maximum atomic E-state index is 6.35. The molecular formula is C16H23ClN4. The Morgan fingerprint density at radius 2 is 1.95 bits per heavy atom. The fourth-order valence-electron chi connectivity index (χ4n) is 2.47. The molecular weight excluding hydrogens is 284 g/mol. The topological polar surface area (TPSA) is 34.0 Å². The molecule has 1 heterocycles. The summed E-state index contributed by atoms with van der Waals surface area (Å²) in [7, 11) is 1.98. The molecule has 21 heavy (non-hydrogen) atoms. The van der Waals surface area contributed by atoms with E-state index in [0.717, 1.165) is 29.5 Å². The minimum atomic E-state index is 0.234. The van der Waals surface area contributed by atoms with E-state index in [0.29, 0.717) is 5.92 Å². The van der Waals surface area contributed by atoms with Crippen molar-refractivity contribution in [3.8, 4) is 0 Å². The summed E-state index contributed by atoms with van der Waals surface area (Å²) in [6.45, 7) is 8.40. The standard InChI is InChI=1S/C16H23ClN4/c1-12(2)9-21(10-16-19-18-11-20(16)4)13(3)14-7-5-6-8-15(14)17/h5-8,11-13H,9-10H2,1-4H3/t13-/m1/s1. The molecule has 5 heteroatoms. The normalized spacial score (nSPS) is 13.1. The van der Waals surface area contributed by atoms with Crippen LogP contribution in [0.4, 0.5) is 0 Å². The number of aromatic nitrogens is 3. The average molecular weight is 307 g/mol. The van der Waals surface area contributed by atoms with Gasteiger partial charge in [0, 0.05) is 24.7 Å². The van der Waals surface area contributed by atoms with Crippen LogP contribution in [0.1, 0.15) is 38.2 Å². The molecule has 114 valence electrons. The zero-order valence-electron chi connectivity index (χ0n) is 13.1. The Kier molecular flexibility index (Phi) is 5.37. The van der Waals surface area contributed by atoms with E-state index in [-0.39, 0.29) is 6.04 Å². The fourth-order valence-corrected chi connectivity index (χ4v) is 2.76. The zero-order chi connectivity index (χ0) is 15.4. The second-order valence-corrected chi connectivity index (χ2v) is 6.29. The molecule has 4 nitrogen and oxygen atoms in total. The highest BCUT2D eigenvalue weighted by Gasteiger charge is 2.20. The number of aryl methyl sites for hydroxylation is 1. The number of hydrogen-bond donors (Lipinski definition) is 0. The van der Waals surface area contributed by atoms with Crippen LogP contribution < -0.4 is 0 Å². The van der Waals surface area contributed by atoms with E-state index >= 15 is 0 Å². The van der Waals surface area contributed by atoms with Gasteiger partial charge in [-0.15, -0.1) is 10.2 Å². The summed E-state index contributed by atoms with van der Waals surface area (Å²) < 4.78 is 1.96. The van der Waals surface area contributed by atoms with E-state index in [1.807, 2.05) is 29.8 Å². The van der Waals surface area contributed by atoms with Crippen LogP contribution in [0.3, 0.4) is 0 Å². The molecule has 1 aromatic carbocycles. The van der Waals surface area contributed by atoms with Crippen LogP contribution in [-0.4, -0.2) is 26.2 Å². The first-order valence-electron chi connectivity index (χ1n) is 7.30. The molecule has 1 atom stereocenters. The largest absolute Gasteiger partial charge is 0.320 e. The van der Waals surface area contributed by atoms with Crippen molar-refractivity contribution in [2.75, 3.05) is 6.54 Å². The van der Waals surface area contributed by atoms with Gasteiger partial charge in [-0.25, -0.2) is 0 Å². The van der Waals surface area contributed by atoms with Gasteiger partial charge in [0.1, 0.15) is 12.2 Å². The van der Waals surface area contributed by atoms with Crippen LogP contribution in [0.5, 0.6) is 0 Å². The van der Waals surface area contributed by atoms with Crippen LogP contribution in [-0.2, 0) is 13.6 Å². The lowest BCUT2D eigenvalue weighted by molar-refractivity contribution is 0.172. The third-order valence-corrected chi connectivity index (χ3v) is 4.00. The van der Waals surface area contributed by atoms with Crippen molar-refractivity contribution >= 4 is 11.6 Å². The molecule has 0 N–H and O–H groups in total. The van der Waals surface area contributed by atoms with Gasteiger partial charge < -0.3 is 4.57 Å². The Morgan fingerprint density at radius 1 is 1.24 bits per heavy atom. The van der Waals surface area contributed by atoms with Gasteiger partial charge in [0.2, 0.25) is 0 Å². The van der Waals surface area contributed by atoms with E-state index in [4.69, 9.17) is 11.6 Å². The first kappa shape index (κ1) is 16.0. The van der Waals surface area contributed by atoms with Crippen LogP contribution in [0.2, 0.25) is 5.02 Å². The monoisotopic (exact) mass is 306 g/mol. The van der Waals surface area contributed by atoms with Crippen molar-refractivity contribution in [2.24, 2.45) is 13.0 Å². The van der Waals surface area contributed by atoms with Gasteiger partial charge in [-0.2, -0.15) is 0 Å². The number of nitrogens with zero attached hydrogens (tertiary/aromatic N) is 4. The molecule has 0 aliphatic rings. The highest BCUT2D eigenvalue weighted by molar-refractivity contribution is 6.31. The van der Waals surface area contributed by atoms with Gasteiger partial charge >= 0.3 is 0 Å². The van der Waals surface area contributed by atoms with Crippen LogP contribution >= 0.6 is 11.6 Å². The smallest absolute Gasteiger partial charge is 0.146 e. The lowest BCUT2D eigenvalue weighted by Gasteiger charge is -2.31. The molecule has 2 rings (SSSR count). The highest BCUT2D eigenvalue weighted by Crippen LogP contribution is 2.28. The third-order valence-electron chi connectivity index (χ3n) is 3.65. The van der Waals surface area contributed by atoms with Crippen molar-refractivity contribution in [3.63, 3.8) is 0 Å². The Bertz CT molecular complexity index is 579. The molecule has 0 aliphatic carbocycles. The first-order chi connectivity index (χ1) is 9.99. The van der Waals surface area contributed by atoms with E-state index in [2.05, 4.69) is 41.9 Å². The Morgan fingerprint density at radius 3 is 2.52 bits per heavy atom. The van der Waals surface area contributed by atoms with Crippen LogP contribution in [0, 0.1) is 5.92 Å². The van der Waals surface area contributed by atoms with Gasteiger partial charge in [-0.1, -0.05) is 43.6 Å². The number of benzene rings is 1. The summed E-state index contributed by atoms with van der Waals surface area (Å²) in [6, 6.07) is 8.28. The predicted molar refractivity (Wildman–Crippen MR) is 86.1 cm³/mol.